The van der Waals surface area contributed by atoms with Gasteiger partial charge in [0, 0.05) is 0 Å². The molecule has 1 nitrogen and oxygen atoms in total. The first-order valence-electron chi connectivity index (χ1n) is 7.68. The maximum atomic E-state index is 6.53. The van der Waals surface area contributed by atoms with E-state index in [0.717, 1.165) is 0 Å². The Morgan fingerprint density at radius 2 is 0.909 bits per heavy atom. The quantitative estimate of drug-likeness (QED) is 0.509. The van der Waals surface area contributed by atoms with Gasteiger partial charge in [-0.15, -0.1) is 0 Å². The molecule has 0 saturated carbocycles. The van der Waals surface area contributed by atoms with Gasteiger partial charge >= 0.3 is 0 Å². The fraction of sp³-hybridized carbons (Fsp3) is 0.100. The minimum atomic E-state index is -0.622. The zero-order valence-electron chi connectivity index (χ0n) is 12.8. The van der Waals surface area contributed by atoms with Crippen LogP contribution in [0.2, 0.25) is 6.55 Å². The first-order valence-corrected chi connectivity index (χ1v) is 9.67. The van der Waals surface area contributed by atoms with E-state index >= 15 is 0 Å². The molecule has 0 radical (unpaired) electrons. The van der Waals surface area contributed by atoms with Crippen LogP contribution < -0.4 is 0 Å². The summed E-state index contributed by atoms with van der Waals surface area (Å²) < 4.78 is 6.53. The van der Waals surface area contributed by atoms with Crippen LogP contribution in [-0.4, -0.2) is 9.76 Å². The van der Waals surface area contributed by atoms with E-state index in [-0.39, 0.29) is 0 Å². The summed E-state index contributed by atoms with van der Waals surface area (Å²) in [5.74, 6) is 0. The maximum Gasteiger partial charge on any atom is 0.160 e. The zero-order chi connectivity index (χ0) is 15.3. The van der Waals surface area contributed by atoms with Gasteiger partial charge in [0.05, 0.1) is 0 Å². The predicted octanol–water partition coefficient (Wildman–Crippen LogP) is 4.13. The van der Waals surface area contributed by atoms with Crippen LogP contribution >= 0.6 is 0 Å². The molecule has 0 N–H and O–H groups in total. The highest BCUT2D eigenvalue weighted by Gasteiger charge is 2.36. The van der Waals surface area contributed by atoms with E-state index in [1.54, 1.807) is 0 Å². The van der Waals surface area contributed by atoms with Crippen molar-refractivity contribution < 1.29 is 4.43 Å². The van der Waals surface area contributed by atoms with Crippen molar-refractivity contribution in [2.24, 2.45) is 0 Å². The lowest BCUT2D eigenvalue weighted by atomic mass is 9.80. The molecule has 0 aromatic heterocycles. The molecule has 0 aliphatic heterocycles. The molecule has 0 bridgehead atoms. The molecule has 0 aliphatic rings. The van der Waals surface area contributed by atoms with Crippen LogP contribution in [-0.2, 0) is 10.0 Å². The van der Waals surface area contributed by atoms with Crippen molar-refractivity contribution in [2.45, 2.75) is 12.1 Å². The lowest BCUT2D eigenvalue weighted by Crippen LogP contribution is -2.33. The Hall–Kier alpha value is -2.16. The lowest BCUT2D eigenvalue weighted by molar-refractivity contribution is 0.166. The highest BCUT2D eigenvalue weighted by atomic mass is 28.2. The van der Waals surface area contributed by atoms with Gasteiger partial charge in [0.1, 0.15) is 5.60 Å². The number of hydrogen-bond donors (Lipinski definition) is 0. The zero-order valence-corrected chi connectivity index (χ0v) is 14.2. The number of benzene rings is 3. The molecule has 3 rings (SSSR count). The molecule has 0 unspecified atom stereocenters. The standard InChI is InChI=1S/C20H20OSi/c1-22-21-20(17-11-5-2-6-12-17,18-13-7-3-8-14-18)19-15-9-4-10-16-19/h2-16H,22H2,1H3. The third kappa shape index (κ3) is 2.63. The Kier molecular flexibility index (Phi) is 4.52. The minimum Gasteiger partial charge on any atom is -0.407 e. The summed E-state index contributed by atoms with van der Waals surface area (Å²) in [7, 11) is -0.622. The molecule has 3 aromatic carbocycles. The topological polar surface area (TPSA) is 9.23 Å². The molecule has 0 amide bonds. The van der Waals surface area contributed by atoms with Gasteiger partial charge in [0.25, 0.3) is 0 Å². The lowest BCUT2D eigenvalue weighted by Gasteiger charge is -2.36. The van der Waals surface area contributed by atoms with Crippen molar-refractivity contribution >= 4 is 9.76 Å². The van der Waals surface area contributed by atoms with E-state index in [2.05, 4.69) is 79.3 Å². The Morgan fingerprint density at radius 3 is 1.18 bits per heavy atom. The van der Waals surface area contributed by atoms with Crippen LogP contribution in [0.1, 0.15) is 16.7 Å². The van der Waals surface area contributed by atoms with Crippen molar-refractivity contribution in [1.82, 2.24) is 0 Å². The molecule has 110 valence electrons. The highest BCUT2D eigenvalue weighted by molar-refractivity contribution is 6.25. The fourth-order valence-corrected chi connectivity index (χ4v) is 3.92. The molecule has 0 aliphatic carbocycles. The fourth-order valence-electron chi connectivity index (χ4n) is 2.99. The largest absolute Gasteiger partial charge is 0.407 e. The monoisotopic (exact) mass is 304 g/mol. The summed E-state index contributed by atoms with van der Waals surface area (Å²) in [5.41, 5.74) is 3.04. The number of rotatable bonds is 5. The van der Waals surface area contributed by atoms with E-state index < -0.39 is 15.4 Å². The molecule has 2 heteroatoms. The van der Waals surface area contributed by atoms with Gasteiger partial charge in [0.2, 0.25) is 0 Å². The molecular weight excluding hydrogens is 284 g/mol. The average Bonchev–Trinajstić information content (AvgIpc) is 2.62. The summed E-state index contributed by atoms with van der Waals surface area (Å²) in [6, 6.07) is 31.6. The van der Waals surface area contributed by atoms with E-state index in [4.69, 9.17) is 4.43 Å². The van der Waals surface area contributed by atoms with Crippen LogP contribution in [0.5, 0.6) is 0 Å². The second-order valence-corrected chi connectivity index (χ2v) is 6.08. The van der Waals surface area contributed by atoms with E-state index in [9.17, 15) is 0 Å². The summed E-state index contributed by atoms with van der Waals surface area (Å²) in [6.45, 7) is 2.18. The van der Waals surface area contributed by atoms with Crippen molar-refractivity contribution in [3.63, 3.8) is 0 Å². The predicted molar refractivity (Wildman–Crippen MR) is 94.7 cm³/mol. The van der Waals surface area contributed by atoms with Crippen molar-refractivity contribution in [1.29, 1.82) is 0 Å². The van der Waals surface area contributed by atoms with Crippen LogP contribution in [0.4, 0.5) is 0 Å². The Balaban J connectivity index is 2.29. The smallest absolute Gasteiger partial charge is 0.160 e. The van der Waals surface area contributed by atoms with Gasteiger partial charge in [-0.2, -0.15) is 0 Å². The average molecular weight is 304 g/mol. The minimum absolute atomic E-state index is 0.509. The second kappa shape index (κ2) is 6.73. The molecule has 3 aromatic rings. The number of hydrogen-bond acceptors (Lipinski definition) is 1. The summed E-state index contributed by atoms with van der Waals surface area (Å²) in [4.78, 5) is 0. The normalized spacial score (nSPS) is 11.9. The molecule has 0 saturated heterocycles. The molecule has 0 spiro atoms. The van der Waals surface area contributed by atoms with Gasteiger partial charge in [-0.05, 0) is 16.7 Å². The van der Waals surface area contributed by atoms with Gasteiger partial charge in [0.15, 0.2) is 9.76 Å². The third-order valence-corrected chi connectivity index (χ3v) is 4.62. The van der Waals surface area contributed by atoms with Crippen molar-refractivity contribution in [2.75, 3.05) is 0 Å². The van der Waals surface area contributed by atoms with Crippen LogP contribution in [0.15, 0.2) is 91.0 Å². The van der Waals surface area contributed by atoms with E-state index in [1.807, 2.05) is 18.2 Å². The Morgan fingerprint density at radius 1 is 0.591 bits per heavy atom. The SMILES string of the molecule is C[SiH2]OC(c1ccccc1)(c1ccccc1)c1ccccc1. The molecule has 0 fully saturated rings. The van der Waals surface area contributed by atoms with Crippen molar-refractivity contribution in [3.05, 3.63) is 108 Å². The maximum absolute atomic E-state index is 6.53. The molecule has 0 atom stereocenters. The van der Waals surface area contributed by atoms with Crippen LogP contribution in [0.25, 0.3) is 0 Å². The molecule has 0 heterocycles. The van der Waals surface area contributed by atoms with Gasteiger partial charge < -0.3 is 4.43 Å². The van der Waals surface area contributed by atoms with Gasteiger partial charge in [-0.1, -0.05) is 97.5 Å². The first kappa shape index (κ1) is 14.8. The molecular formula is C20H20OSi. The Bertz CT molecular complexity index is 599. The van der Waals surface area contributed by atoms with E-state index in [0.29, 0.717) is 0 Å². The van der Waals surface area contributed by atoms with Crippen molar-refractivity contribution in [3.8, 4) is 0 Å². The second-order valence-electron chi connectivity index (χ2n) is 5.21. The summed E-state index contributed by atoms with van der Waals surface area (Å²) in [6.07, 6.45) is 0. The molecule has 22 heavy (non-hydrogen) atoms. The third-order valence-electron chi connectivity index (χ3n) is 3.90. The summed E-state index contributed by atoms with van der Waals surface area (Å²) >= 11 is 0. The van der Waals surface area contributed by atoms with Crippen LogP contribution in [0, 0.1) is 0 Å². The van der Waals surface area contributed by atoms with Gasteiger partial charge in [-0.25, -0.2) is 0 Å². The van der Waals surface area contributed by atoms with E-state index in [1.165, 1.54) is 16.7 Å². The highest BCUT2D eigenvalue weighted by Crippen LogP contribution is 2.39. The first-order chi connectivity index (χ1) is 10.9. The summed E-state index contributed by atoms with van der Waals surface area (Å²) in [5, 5.41) is 0. The Labute approximate surface area is 134 Å². The van der Waals surface area contributed by atoms with Crippen LogP contribution in [0.3, 0.4) is 0 Å². The van der Waals surface area contributed by atoms with Gasteiger partial charge in [-0.3, -0.25) is 0 Å².